The molecule has 5 heteroatoms. The normalized spacial score (nSPS) is 12.8. The zero-order valence-corrected chi connectivity index (χ0v) is 12.1. The molecule has 0 aliphatic heterocycles. The molecule has 1 N–H and O–H groups in total. The van der Waals surface area contributed by atoms with Crippen LogP contribution in [0.3, 0.4) is 0 Å². The average molecular weight is 262 g/mol. The molecular formula is C14H22N4O. The summed E-state index contributed by atoms with van der Waals surface area (Å²) in [5.74, 6) is 1.53. The van der Waals surface area contributed by atoms with E-state index in [0.717, 1.165) is 42.3 Å². The highest BCUT2D eigenvalue weighted by Gasteiger charge is 2.16. The van der Waals surface area contributed by atoms with Gasteiger partial charge in [0, 0.05) is 13.2 Å². The molecule has 2 heterocycles. The number of aromatic nitrogens is 3. The first-order valence-electron chi connectivity index (χ1n) is 6.87. The van der Waals surface area contributed by atoms with Crippen molar-refractivity contribution in [2.24, 2.45) is 7.05 Å². The van der Waals surface area contributed by atoms with E-state index in [1.165, 1.54) is 0 Å². The lowest BCUT2D eigenvalue weighted by atomic mass is 10.2. The molecule has 5 nitrogen and oxygen atoms in total. The van der Waals surface area contributed by atoms with E-state index in [1.54, 1.807) is 6.20 Å². The lowest BCUT2D eigenvalue weighted by Gasteiger charge is -2.08. The SMILES string of the molecule is CCCNC(C)c1ncc(-c2cn(C)nc2CC)o1. The Morgan fingerprint density at radius 3 is 2.89 bits per heavy atom. The van der Waals surface area contributed by atoms with Crippen LogP contribution in [-0.4, -0.2) is 21.3 Å². The maximum absolute atomic E-state index is 5.86. The van der Waals surface area contributed by atoms with Gasteiger partial charge in [-0.1, -0.05) is 13.8 Å². The van der Waals surface area contributed by atoms with Crippen molar-refractivity contribution < 1.29 is 4.42 Å². The van der Waals surface area contributed by atoms with Crippen molar-refractivity contribution >= 4 is 0 Å². The van der Waals surface area contributed by atoms with Crippen molar-refractivity contribution in [2.75, 3.05) is 6.54 Å². The van der Waals surface area contributed by atoms with E-state index >= 15 is 0 Å². The third kappa shape index (κ3) is 3.04. The summed E-state index contributed by atoms with van der Waals surface area (Å²) in [5.41, 5.74) is 2.07. The minimum atomic E-state index is 0.135. The second-order valence-corrected chi connectivity index (χ2v) is 4.76. The molecule has 0 aromatic carbocycles. The molecule has 0 radical (unpaired) electrons. The first kappa shape index (κ1) is 13.8. The second kappa shape index (κ2) is 6.02. The fourth-order valence-corrected chi connectivity index (χ4v) is 2.06. The summed E-state index contributed by atoms with van der Waals surface area (Å²) in [7, 11) is 1.92. The molecule has 2 rings (SSSR count). The minimum absolute atomic E-state index is 0.135. The molecule has 0 aliphatic carbocycles. The molecule has 19 heavy (non-hydrogen) atoms. The first-order chi connectivity index (χ1) is 9.15. The van der Waals surface area contributed by atoms with E-state index in [1.807, 2.05) is 17.9 Å². The smallest absolute Gasteiger partial charge is 0.211 e. The van der Waals surface area contributed by atoms with Crippen molar-refractivity contribution in [1.29, 1.82) is 0 Å². The van der Waals surface area contributed by atoms with Crippen LogP contribution >= 0.6 is 0 Å². The van der Waals surface area contributed by atoms with E-state index in [4.69, 9.17) is 4.42 Å². The summed E-state index contributed by atoms with van der Waals surface area (Å²) in [6.45, 7) is 7.26. The second-order valence-electron chi connectivity index (χ2n) is 4.76. The van der Waals surface area contributed by atoms with Gasteiger partial charge in [0.2, 0.25) is 5.89 Å². The van der Waals surface area contributed by atoms with Gasteiger partial charge in [-0.15, -0.1) is 0 Å². The zero-order chi connectivity index (χ0) is 13.8. The number of nitrogens with zero attached hydrogens (tertiary/aromatic N) is 3. The maximum atomic E-state index is 5.86. The van der Waals surface area contributed by atoms with Crippen LogP contribution < -0.4 is 5.32 Å². The molecule has 0 saturated heterocycles. The van der Waals surface area contributed by atoms with E-state index in [-0.39, 0.29) is 6.04 Å². The largest absolute Gasteiger partial charge is 0.439 e. The Morgan fingerprint density at radius 2 is 2.21 bits per heavy atom. The van der Waals surface area contributed by atoms with Gasteiger partial charge in [-0.25, -0.2) is 4.98 Å². The van der Waals surface area contributed by atoms with E-state index in [0.29, 0.717) is 0 Å². The Labute approximate surface area is 114 Å². The summed E-state index contributed by atoms with van der Waals surface area (Å²) in [4.78, 5) is 4.36. The summed E-state index contributed by atoms with van der Waals surface area (Å²) >= 11 is 0. The quantitative estimate of drug-likeness (QED) is 0.869. The molecule has 2 aromatic heterocycles. The van der Waals surface area contributed by atoms with Gasteiger partial charge >= 0.3 is 0 Å². The lowest BCUT2D eigenvalue weighted by molar-refractivity contribution is 0.423. The maximum Gasteiger partial charge on any atom is 0.211 e. The van der Waals surface area contributed by atoms with Gasteiger partial charge in [0.25, 0.3) is 0 Å². The first-order valence-corrected chi connectivity index (χ1v) is 6.87. The minimum Gasteiger partial charge on any atom is -0.439 e. The van der Waals surface area contributed by atoms with Gasteiger partial charge in [-0.05, 0) is 26.3 Å². The van der Waals surface area contributed by atoms with Gasteiger partial charge in [0.15, 0.2) is 5.76 Å². The number of nitrogens with one attached hydrogen (secondary N) is 1. The topological polar surface area (TPSA) is 55.9 Å². The molecule has 0 saturated carbocycles. The summed E-state index contributed by atoms with van der Waals surface area (Å²) < 4.78 is 7.67. The van der Waals surface area contributed by atoms with Gasteiger partial charge in [0.05, 0.1) is 23.5 Å². The van der Waals surface area contributed by atoms with Crippen LogP contribution in [0.2, 0.25) is 0 Å². The van der Waals surface area contributed by atoms with Crippen LogP contribution in [0.25, 0.3) is 11.3 Å². The van der Waals surface area contributed by atoms with Crippen molar-refractivity contribution in [3.8, 4) is 11.3 Å². The fraction of sp³-hybridized carbons (Fsp3) is 0.571. The van der Waals surface area contributed by atoms with Crippen LogP contribution in [0, 0.1) is 0 Å². The monoisotopic (exact) mass is 262 g/mol. The van der Waals surface area contributed by atoms with Crippen molar-refractivity contribution in [3.05, 3.63) is 24.0 Å². The van der Waals surface area contributed by atoms with Gasteiger partial charge in [-0.2, -0.15) is 5.10 Å². The predicted molar refractivity (Wildman–Crippen MR) is 74.8 cm³/mol. The molecular weight excluding hydrogens is 240 g/mol. The van der Waals surface area contributed by atoms with Crippen LogP contribution in [0.5, 0.6) is 0 Å². The zero-order valence-electron chi connectivity index (χ0n) is 12.1. The summed E-state index contributed by atoms with van der Waals surface area (Å²) in [6, 6.07) is 0.135. The standard InChI is InChI=1S/C14H22N4O/c1-5-7-15-10(3)14-16-8-13(19-14)11-9-18(4)17-12(11)6-2/h8-10,15H,5-7H2,1-4H3. The molecule has 1 atom stereocenters. The molecule has 0 fully saturated rings. The van der Waals surface area contributed by atoms with Crippen molar-refractivity contribution in [3.63, 3.8) is 0 Å². The predicted octanol–water partition coefficient (Wildman–Crippen LogP) is 2.70. The van der Waals surface area contributed by atoms with E-state index < -0.39 is 0 Å². The highest BCUT2D eigenvalue weighted by molar-refractivity contribution is 5.58. The van der Waals surface area contributed by atoms with Crippen LogP contribution in [-0.2, 0) is 13.5 Å². The third-order valence-corrected chi connectivity index (χ3v) is 3.10. The van der Waals surface area contributed by atoms with E-state index in [9.17, 15) is 0 Å². The number of rotatable bonds is 6. The number of hydrogen-bond acceptors (Lipinski definition) is 4. The van der Waals surface area contributed by atoms with E-state index in [2.05, 4.69) is 36.2 Å². The van der Waals surface area contributed by atoms with Gasteiger partial charge in [0.1, 0.15) is 0 Å². The molecule has 1 unspecified atom stereocenters. The Bertz CT molecular complexity index is 529. The van der Waals surface area contributed by atoms with Crippen LogP contribution in [0.1, 0.15) is 44.8 Å². The highest BCUT2D eigenvalue weighted by atomic mass is 16.4. The molecule has 0 amide bonds. The Hall–Kier alpha value is -1.62. The Morgan fingerprint density at radius 1 is 1.42 bits per heavy atom. The van der Waals surface area contributed by atoms with Gasteiger partial charge < -0.3 is 9.73 Å². The van der Waals surface area contributed by atoms with Gasteiger partial charge in [-0.3, -0.25) is 4.68 Å². The van der Waals surface area contributed by atoms with Crippen molar-refractivity contribution in [1.82, 2.24) is 20.1 Å². The molecule has 2 aromatic rings. The Balaban J connectivity index is 2.20. The van der Waals surface area contributed by atoms with Crippen LogP contribution in [0.15, 0.2) is 16.8 Å². The van der Waals surface area contributed by atoms with Crippen LogP contribution in [0.4, 0.5) is 0 Å². The molecule has 0 spiro atoms. The highest BCUT2D eigenvalue weighted by Crippen LogP contribution is 2.25. The summed E-state index contributed by atoms with van der Waals surface area (Å²) in [5, 5.41) is 7.79. The lowest BCUT2D eigenvalue weighted by Crippen LogP contribution is -2.19. The van der Waals surface area contributed by atoms with Crippen molar-refractivity contribution in [2.45, 2.75) is 39.7 Å². The number of aryl methyl sites for hydroxylation is 2. The molecule has 0 aliphatic rings. The number of oxazole rings is 1. The Kier molecular flexibility index (Phi) is 4.37. The average Bonchev–Trinajstić information content (AvgIpc) is 3.01. The number of hydrogen-bond donors (Lipinski definition) is 1. The molecule has 0 bridgehead atoms. The summed E-state index contributed by atoms with van der Waals surface area (Å²) in [6.07, 6.45) is 5.75. The third-order valence-electron chi connectivity index (χ3n) is 3.10. The fourth-order valence-electron chi connectivity index (χ4n) is 2.06. The molecule has 104 valence electrons.